The molecule has 1 aliphatic rings. The molecule has 0 spiro atoms. The minimum Gasteiger partial charge on any atom is -0.490 e. The summed E-state index contributed by atoms with van der Waals surface area (Å²) in [6, 6.07) is 37.5. The Labute approximate surface area is 268 Å². The van der Waals surface area contributed by atoms with Gasteiger partial charge in [-0.25, -0.2) is 0 Å². The van der Waals surface area contributed by atoms with Crippen molar-refractivity contribution in [1.29, 1.82) is 0 Å². The lowest BCUT2D eigenvalue weighted by Crippen LogP contribution is -2.30. The molecule has 1 fully saturated rings. The maximum absolute atomic E-state index is 11.2. The third kappa shape index (κ3) is 7.53. The molecule has 0 atom stereocenters. The number of anilines is 1. The van der Waals surface area contributed by atoms with Crippen LogP contribution in [0.4, 0.5) is 11.4 Å². The maximum atomic E-state index is 11.2. The molecule has 5 aromatic rings. The summed E-state index contributed by atoms with van der Waals surface area (Å²) in [5.41, 5.74) is 7.39. The first-order valence-electron chi connectivity index (χ1n) is 15.3. The number of pyridine rings is 1. The number of hydrogen-bond acceptors (Lipinski definition) is 7. The van der Waals surface area contributed by atoms with Gasteiger partial charge in [-0.3, -0.25) is 10.1 Å². The molecule has 1 aliphatic heterocycles. The Bertz CT molecular complexity index is 1800. The summed E-state index contributed by atoms with van der Waals surface area (Å²) in [4.78, 5) is 17.9. The molecular weight excluding hydrogens is 578 g/mol. The number of benzene rings is 4. The van der Waals surface area contributed by atoms with Crippen LogP contribution in [0, 0.1) is 10.1 Å². The zero-order valence-electron chi connectivity index (χ0n) is 25.7. The first kappa shape index (κ1) is 30.4. The molecule has 4 aromatic carbocycles. The van der Waals surface area contributed by atoms with E-state index < -0.39 is 4.92 Å². The maximum Gasteiger partial charge on any atom is 0.310 e. The SMILES string of the molecule is COc1cc(C=C2CCN(c3ccc(-c4ccc(OCc5ccccc5)nc4OCc4ccccc4)cc3)CC2)ccc1[N+](=O)[O-]. The quantitative estimate of drug-likeness (QED) is 0.109. The molecule has 0 amide bonds. The summed E-state index contributed by atoms with van der Waals surface area (Å²) in [7, 11) is 1.45. The molecular formula is C38H35N3O5. The highest BCUT2D eigenvalue weighted by Gasteiger charge is 2.18. The summed E-state index contributed by atoms with van der Waals surface area (Å²) >= 11 is 0. The zero-order chi connectivity index (χ0) is 31.7. The van der Waals surface area contributed by atoms with Gasteiger partial charge in [-0.05, 0) is 65.4 Å². The van der Waals surface area contributed by atoms with Crippen LogP contribution in [0.25, 0.3) is 17.2 Å². The summed E-state index contributed by atoms with van der Waals surface area (Å²) in [6.07, 6.45) is 3.93. The van der Waals surface area contributed by atoms with Gasteiger partial charge in [-0.1, -0.05) is 84.4 Å². The predicted octanol–water partition coefficient (Wildman–Crippen LogP) is 8.51. The van der Waals surface area contributed by atoms with Gasteiger partial charge in [0.25, 0.3) is 0 Å². The molecule has 0 aliphatic carbocycles. The Balaban J connectivity index is 1.14. The van der Waals surface area contributed by atoms with Crippen molar-refractivity contribution in [3.63, 3.8) is 0 Å². The molecule has 1 saturated heterocycles. The highest BCUT2D eigenvalue weighted by molar-refractivity contribution is 5.71. The Morgan fingerprint density at radius 2 is 1.46 bits per heavy atom. The van der Waals surface area contributed by atoms with E-state index in [0.717, 1.165) is 59.4 Å². The number of nitrogens with zero attached hydrogens (tertiary/aromatic N) is 3. The van der Waals surface area contributed by atoms with Crippen molar-refractivity contribution in [2.24, 2.45) is 0 Å². The van der Waals surface area contributed by atoms with Crippen LogP contribution in [-0.4, -0.2) is 30.1 Å². The van der Waals surface area contributed by atoms with Crippen molar-refractivity contribution in [2.45, 2.75) is 26.1 Å². The van der Waals surface area contributed by atoms with Crippen LogP contribution in [0.1, 0.15) is 29.5 Å². The molecule has 6 rings (SSSR count). The number of ether oxygens (including phenoxy) is 3. The first-order valence-corrected chi connectivity index (χ1v) is 15.3. The van der Waals surface area contributed by atoms with Crippen LogP contribution in [0.5, 0.6) is 17.5 Å². The Hall–Kier alpha value is -5.63. The normalized spacial score (nSPS) is 12.8. The van der Waals surface area contributed by atoms with Crippen molar-refractivity contribution in [1.82, 2.24) is 4.98 Å². The molecule has 0 bridgehead atoms. The summed E-state index contributed by atoms with van der Waals surface area (Å²) in [5, 5.41) is 11.2. The molecule has 8 nitrogen and oxygen atoms in total. The van der Waals surface area contributed by atoms with Gasteiger partial charge in [0.05, 0.1) is 12.0 Å². The third-order valence-corrected chi connectivity index (χ3v) is 8.00. The lowest BCUT2D eigenvalue weighted by Gasteiger charge is -2.30. The number of nitro benzene ring substituents is 1. The van der Waals surface area contributed by atoms with Crippen LogP contribution in [0.2, 0.25) is 0 Å². The van der Waals surface area contributed by atoms with Gasteiger partial charge in [0.2, 0.25) is 11.8 Å². The van der Waals surface area contributed by atoms with Crippen LogP contribution in [0.3, 0.4) is 0 Å². The van der Waals surface area contributed by atoms with Gasteiger partial charge in [-0.15, -0.1) is 0 Å². The van der Waals surface area contributed by atoms with E-state index in [1.165, 1.54) is 18.7 Å². The second-order valence-corrected chi connectivity index (χ2v) is 11.1. The Morgan fingerprint density at radius 1 is 0.804 bits per heavy atom. The van der Waals surface area contributed by atoms with Gasteiger partial charge in [-0.2, -0.15) is 4.98 Å². The fourth-order valence-electron chi connectivity index (χ4n) is 5.51. The average Bonchev–Trinajstić information content (AvgIpc) is 3.11. The monoisotopic (exact) mass is 613 g/mol. The first-order chi connectivity index (χ1) is 22.6. The molecule has 2 heterocycles. The lowest BCUT2D eigenvalue weighted by molar-refractivity contribution is -0.385. The molecule has 8 heteroatoms. The summed E-state index contributed by atoms with van der Waals surface area (Å²) < 4.78 is 17.5. The van der Waals surface area contributed by atoms with Gasteiger partial charge >= 0.3 is 5.69 Å². The molecule has 232 valence electrons. The fourth-order valence-corrected chi connectivity index (χ4v) is 5.51. The highest BCUT2D eigenvalue weighted by Crippen LogP contribution is 2.34. The minimum absolute atomic E-state index is 0.0269. The van der Waals surface area contributed by atoms with E-state index >= 15 is 0 Å². The zero-order valence-corrected chi connectivity index (χ0v) is 25.7. The van der Waals surface area contributed by atoms with Crippen molar-refractivity contribution < 1.29 is 19.1 Å². The van der Waals surface area contributed by atoms with Gasteiger partial charge in [0.1, 0.15) is 13.2 Å². The van der Waals surface area contributed by atoms with E-state index in [9.17, 15) is 10.1 Å². The number of piperidine rings is 1. The van der Waals surface area contributed by atoms with Crippen molar-refractivity contribution in [3.05, 3.63) is 148 Å². The van der Waals surface area contributed by atoms with Gasteiger partial charge < -0.3 is 19.1 Å². The second kappa shape index (κ2) is 14.4. The van der Waals surface area contributed by atoms with Gasteiger partial charge in [0, 0.05) is 36.5 Å². The van der Waals surface area contributed by atoms with Crippen LogP contribution >= 0.6 is 0 Å². The highest BCUT2D eigenvalue weighted by atomic mass is 16.6. The van der Waals surface area contributed by atoms with E-state index in [-0.39, 0.29) is 11.4 Å². The summed E-state index contributed by atoms with van der Waals surface area (Å²) in [5.74, 6) is 1.31. The molecule has 1 aromatic heterocycles. The standard InChI is InChI=1S/C38H35N3O5/c1-44-36-25-31(12-18-35(36)41(42)43)24-28-20-22-40(23-21-28)33-15-13-32(14-16-33)34-17-19-37(45-26-29-8-4-2-5-9-29)39-38(34)46-27-30-10-6-3-7-11-30/h2-19,24-25H,20-23,26-27H2,1H3. The largest absolute Gasteiger partial charge is 0.490 e. The molecule has 0 radical (unpaired) electrons. The van der Waals surface area contributed by atoms with Crippen molar-refractivity contribution >= 4 is 17.5 Å². The molecule has 0 saturated carbocycles. The van der Waals surface area contributed by atoms with Crippen LogP contribution in [-0.2, 0) is 13.2 Å². The van der Waals surface area contributed by atoms with E-state index in [2.05, 4.69) is 35.2 Å². The Morgan fingerprint density at radius 3 is 2.09 bits per heavy atom. The number of rotatable bonds is 11. The number of nitro groups is 1. The number of methoxy groups -OCH3 is 1. The van der Waals surface area contributed by atoms with E-state index in [0.29, 0.717) is 25.0 Å². The van der Waals surface area contributed by atoms with E-state index in [4.69, 9.17) is 19.2 Å². The molecule has 0 N–H and O–H groups in total. The predicted molar refractivity (Wildman–Crippen MR) is 180 cm³/mol. The molecule has 46 heavy (non-hydrogen) atoms. The topological polar surface area (TPSA) is 87.0 Å². The smallest absolute Gasteiger partial charge is 0.310 e. The lowest BCUT2D eigenvalue weighted by atomic mass is 9.99. The second-order valence-electron chi connectivity index (χ2n) is 11.1. The van der Waals surface area contributed by atoms with Crippen molar-refractivity contribution in [2.75, 3.05) is 25.1 Å². The van der Waals surface area contributed by atoms with E-state index in [1.807, 2.05) is 72.8 Å². The molecule has 0 unspecified atom stereocenters. The Kier molecular flexibility index (Phi) is 9.54. The number of hydrogen-bond donors (Lipinski definition) is 0. The van der Waals surface area contributed by atoms with E-state index in [1.54, 1.807) is 12.1 Å². The third-order valence-electron chi connectivity index (χ3n) is 8.00. The fraction of sp³-hybridized carbons (Fsp3) is 0.184. The van der Waals surface area contributed by atoms with Crippen LogP contribution in [0.15, 0.2) is 121 Å². The summed E-state index contributed by atoms with van der Waals surface area (Å²) in [6.45, 7) is 2.59. The number of aromatic nitrogens is 1. The van der Waals surface area contributed by atoms with Crippen LogP contribution < -0.4 is 19.1 Å². The minimum atomic E-state index is -0.425. The van der Waals surface area contributed by atoms with Gasteiger partial charge in [0.15, 0.2) is 5.75 Å². The van der Waals surface area contributed by atoms with Crippen molar-refractivity contribution in [3.8, 4) is 28.6 Å². The average molecular weight is 614 g/mol.